The Morgan fingerprint density at radius 2 is 1.76 bits per heavy atom. The van der Waals surface area contributed by atoms with Crippen LogP contribution in [0.15, 0.2) is 24.3 Å². The lowest BCUT2D eigenvalue weighted by molar-refractivity contribution is -0.164. The van der Waals surface area contributed by atoms with Crippen molar-refractivity contribution >= 4 is 17.8 Å². The highest BCUT2D eigenvalue weighted by atomic mass is 16.6. The number of hydrogen-bond donors (Lipinski definition) is 1. The van der Waals surface area contributed by atoms with Crippen molar-refractivity contribution in [3.63, 3.8) is 0 Å². The Kier molecular flexibility index (Phi) is 7.65. The summed E-state index contributed by atoms with van der Waals surface area (Å²) in [6.45, 7) is 14.6. The summed E-state index contributed by atoms with van der Waals surface area (Å²) in [4.78, 5) is 45.9. The molecule has 1 spiro atoms. The molecule has 8 heteroatoms. The van der Waals surface area contributed by atoms with Crippen LogP contribution in [-0.4, -0.2) is 81.3 Å². The summed E-state index contributed by atoms with van der Waals surface area (Å²) < 4.78 is 12.7. The summed E-state index contributed by atoms with van der Waals surface area (Å²) in [6, 6.07) is -1.62. The minimum absolute atomic E-state index is 0.0310. The van der Waals surface area contributed by atoms with Gasteiger partial charge in [-0.1, -0.05) is 52.0 Å². The third kappa shape index (κ3) is 4.61. The van der Waals surface area contributed by atoms with Gasteiger partial charge in [-0.25, -0.2) is 0 Å². The molecule has 0 bridgehead atoms. The van der Waals surface area contributed by atoms with Gasteiger partial charge < -0.3 is 24.4 Å². The van der Waals surface area contributed by atoms with Gasteiger partial charge in [0.25, 0.3) is 0 Å². The Hall–Kier alpha value is -2.19. The van der Waals surface area contributed by atoms with Gasteiger partial charge in [0.1, 0.15) is 23.2 Å². The van der Waals surface area contributed by atoms with E-state index in [4.69, 9.17) is 9.47 Å². The Balaban J connectivity index is 1.89. The maximum absolute atomic E-state index is 14.6. The molecule has 4 rings (SSSR count). The first-order valence-corrected chi connectivity index (χ1v) is 14.2. The topological polar surface area (TPSA) is 96.4 Å². The maximum Gasteiger partial charge on any atom is 0.313 e. The number of amides is 2. The van der Waals surface area contributed by atoms with Crippen LogP contribution in [0.3, 0.4) is 0 Å². The highest BCUT2D eigenvalue weighted by Gasteiger charge is 2.76. The zero-order valence-corrected chi connectivity index (χ0v) is 24.2. The summed E-state index contributed by atoms with van der Waals surface area (Å²) in [5.41, 5.74) is -2.95. The highest BCUT2D eigenvalue weighted by molar-refractivity contribution is 5.99. The van der Waals surface area contributed by atoms with Crippen LogP contribution in [0, 0.1) is 17.3 Å². The molecule has 0 saturated carbocycles. The molecule has 0 radical (unpaired) electrons. The van der Waals surface area contributed by atoms with Crippen molar-refractivity contribution in [2.45, 2.75) is 109 Å². The lowest BCUT2D eigenvalue weighted by atomic mass is 9.73. The van der Waals surface area contributed by atoms with Crippen LogP contribution in [0.1, 0.15) is 80.6 Å². The van der Waals surface area contributed by atoms with Crippen molar-refractivity contribution < 1.29 is 29.0 Å². The van der Waals surface area contributed by atoms with Crippen LogP contribution in [0.5, 0.6) is 0 Å². The van der Waals surface area contributed by atoms with Gasteiger partial charge in [-0.3, -0.25) is 14.4 Å². The van der Waals surface area contributed by atoms with Crippen molar-refractivity contribution in [2.75, 3.05) is 19.8 Å². The van der Waals surface area contributed by atoms with E-state index in [0.29, 0.717) is 19.6 Å². The summed E-state index contributed by atoms with van der Waals surface area (Å²) in [6.07, 6.45) is 11.4. The van der Waals surface area contributed by atoms with Gasteiger partial charge >= 0.3 is 5.97 Å². The molecular formula is C30H46N2O6. The average molecular weight is 531 g/mol. The average Bonchev–Trinajstić information content (AvgIpc) is 3.18. The van der Waals surface area contributed by atoms with Gasteiger partial charge in [-0.15, -0.1) is 0 Å². The van der Waals surface area contributed by atoms with Crippen LogP contribution in [0.25, 0.3) is 0 Å². The molecule has 2 saturated heterocycles. The van der Waals surface area contributed by atoms with E-state index >= 15 is 0 Å². The largest absolute Gasteiger partial charge is 0.465 e. The molecule has 4 heterocycles. The van der Waals surface area contributed by atoms with E-state index in [2.05, 4.69) is 34.6 Å². The molecular weight excluding hydrogens is 484 g/mol. The Morgan fingerprint density at radius 1 is 1.05 bits per heavy atom. The molecule has 1 unspecified atom stereocenters. The number of aliphatic hydroxyl groups excluding tert-OH is 1. The molecule has 0 aromatic rings. The van der Waals surface area contributed by atoms with E-state index in [1.807, 2.05) is 36.1 Å². The normalized spacial score (nSPS) is 35.8. The fraction of sp³-hybridized carbons (Fsp3) is 0.767. The van der Waals surface area contributed by atoms with Crippen LogP contribution >= 0.6 is 0 Å². The summed E-state index contributed by atoms with van der Waals surface area (Å²) in [7, 11) is 0. The third-order valence-corrected chi connectivity index (χ3v) is 8.75. The number of likely N-dealkylation sites (tertiary alicyclic amines) is 1. The number of nitrogens with zero attached hydrogens (tertiary/aromatic N) is 2. The number of fused-ring (bicyclic) bond motifs is 2. The molecule has 38 heavy (non-hydrogen) atoms. The number of carbonyl (C=O) groups excluding carboxylic acids is 3. The van der Waals surface area contributed by atoms with E-state index in [0.717, 1.165) is 25.7 Å². The fourth-order valence-corrected chi connectivity index (χ4v) is 7.48. The maximum atomic E-state index is 14.6. The molecule has 8 nitrogen and oxygen atoms in total. The number of hydrogen-bond acceptors (Lipinski definition) is 6. The summed E-state index contributed by atoms with van der Waals surface area (Å²) in [5, 5.41) is 10.2. The minimum Gasteiger partial charge on any atom is -0.465 e. The second-order valence-corrected chi connectivity index (χ2v) is 13.4. The minimum atomic E-state index is -1.34. The predicted molar refractivity (Wildman–Crippen MR) is 144 cm³/mol. The van der Waals surface area contributed by atoms with Crippen molar-refractivity contribution in [2.24, 2.45) is 17.3 Å². The standard InChI is InChI=1S/C30H46N2O6/c1-8-29-14-11-9-10-12-17-37-26(36)22(29)21-24(34)32(20(2)18-33)23-25(35)31(16-13-15-30(21,23)38-29)28(6,7)19-27(3,4)5/h11,13-15,20-23,33H,8-10,12,16-19H2,1-7H3/b14-11-/t20-,21+,22+,23?,29-,30+/m1/s1. The van der Waals surface area contributed by atoms with Gasteiger partial charge in [0.2, 0.25) is 11.8 Å². The van der Waals surface area contributed by atoms with E-state index in [1.165, 1.54) is 4.90 Å². The Bertz CT molecular complexity index is 1010. The van der Waals surface area contributed by atoms with Gasteiger partial charge in [0.05, 0.1) is 25.2 Å². The zero-order chi connectivity index (χ0) is 28.1. The summed E-state index contributed by atoms with van der Waals surface area (Å²) >= 11 is 0. The quantitative estimate of drug-likeness (QED) is 0.431. The van der Waals surface area contributed by atoms with E-state index in [9.17, 15) is 19.5 Å². The smallest absolute Gasteiger partial charge is 0.313 e. The molecule has 212 valence electrons. The van der Waals surface area contributed by atoms with E-state index < -0.39 is 46.6 Å². The second-order valence-electron chi connectivity index (χ2n) is 13.4. The third-order valence-electron chi connectivity index (χ3n) is 8.75. The van der Waals surface area contributed by atoms with Crippen molar-refractivity contribution in [3.05, 3.63) is 24.3 Å². The molecule has 4 aliphatic rings. The van der Waals surface area contributed by atoms with E-state index in [1.54, 1.807) is 6.92 Å². The molecule has 2 amide bonds. The second kappa shape index (κ2) is 10.1. The lowest BCUT2D eigenvalue weighted by Crippen LogP contribution is -2.61. The monoisotopic (exact) mass is 530 g/mol. The van der Waals surface area contributed by atoms with Gasteiger partial charge in [-0.05, 0) is 58.3 Å². The number of esters is 1. The molecule has 0 aromatic heterocycles. The van der Waals surface area contributed by atoms with Crippen molar-refractivity contribution in [1.29, 1.82) is 0 Å². The van der Waals surface area contributed by atoms with Gasteiger partial charge in [0, 0.05) is 12.1 Å². The number of allylic oxidation sites excluding steroid dienone is 1. The fourth-order valence-electron chi connectivity index (χ4n) is 7.48. The van der Waals surface area contributed by atoms with Crippen LogP contribution in [0.2, 0.25) is 0 Å². The highest BCUT2D eigenvalue weighted by Crippen LogP contribution is 2.58. The molecule has 0 aliphatic carbocycles. The van der Waals surface area contributed by atoms with Crippen molar-refractivity contribution in [1.82, 2.24) is 9.80 Å². The first-order valence-electron chi connectivity index (χ1n) is 14.2. The van der Waals surface area contributed by atoms with Crippen LogP contribution in [-0.2, 0) is 23.9 Å². The first kappa shape index (κ1) is 28.8. The predicted octanol–water partition coefficient (Wildman–Crippen LogP) is 3.62. The van der Waals surface area contributed by atoms with Gasteiger partial charge in [-0.2, -0.15) is 0 Å². The number of ether oxygens (including phenoxy) is 2. The molecule has 4 aliphatic heterocycles. The number of aliphatic hydroxyl groups is 1. The zero-order valence-electron chi connectivity index (χ0n) is 24.2. The summed E-state index contributed by atoms with van der Waals surface area (Å²) in [5.74, 6) is -2.83. The van der Waals surface area contributed by atoms with Crippen molar-refractivity contribution in [3.8, 4) is 0 Å². The Labute approximate surface area is 227 Å². The number of carbonyl (C=O) groups is 3. The first-order chi connectivity index (χ1) is 17.7. The van der Waals surface area contributed by atoms with Crippen LogP contribution in [0.4, 0.5) is 0 Å². The molecule has 0 aromatic carbocycles. The van der Waals surface area contributed by atoms with Crippen LogP contribution < -0.4 is 0 Å². The molecule has 1 N–H and O–H groups in total. The number of cyclic esters (lactones) is 1. The molecule has 2 fully saturated rings. The SMILES string of the molecule is CC[C@@]12/C=C\CCCCOC(=O)[C@@H]1[C@H]1C(=O)N([C@H](C)CO)C3C(=O)N(C(C)(C)CC(C)(C)C)CC=C[C@@]31O2. The molecule has 6 atom stereocenters. The number of rotatable bonds is 5. The van der Waals surface area contributed by atoms with E-state index in [-0.39, 0.29) is 23.8 Å². The van der Waals surface area contributed by atoms with Gasteiger partial charge in [0.15, 0.2) is 0 Å². The Morgan fingerprint density at radius 3 is 2.39 bits per heavy atom. The lowest BCUT2D eigenvalue weighted by Gasteiger charge is -2.45.